The minimum atomic E-state index is 0.758. The summed E-state index contributed by atoms with van der Waals surface area (Å²) < 4.78 is 0. The van der Waals surface area contributed by atoms with Gasteiger partial charge in [0.25, 0.3) is 0 Å². The van der Waals surface area contributed by atoms with E-state index in [4.69, 9.17) is 0 Å². The Balaban J connectivity index is 0.000000194. The summed E-state index contributed by atoms with van der Waals surface area (Å²) >= 11 is 1.87. The normalized spacial score (nSPS) is 13.2. The van der Waals surface area contributed by atoms with Gasteiger partial charge in [0.05, 0.1) is 0 Å². The molecule has 0 nitrogen and oxygen atoms in total. The summed E-state index contributed by atoms with van der Waals surface area (Å²) in [7, 11) is 0. The van der Waals surface area contributed by atoms with Gasteiger partial charge in [0.2, 0.25) is 0 Å². The molecule has 6 aromatic carbocycles. The number of fused-ring (bicyclic) bond motifs is 6. The Bertz CT molecular complexity index is 2200. The van der Waals surface area contributed by atoms with Gasteiger partial charge in [-0.15, -0.1) is 11.3 Å². The van der Waals surface area contributed by atoms with E-state index in [1.165, 1.54) is 150 Å². The fourth-order valence-corrected chi connectivity index (χ4v) is 10.4. The molecule has 0 spiro atoms. The molecule has 0 saturated carbocycles. The molecule has 3 atom stereocenters. The van der Waals surface area contributed by atoms with Crippen molar-refractivity contribution >= 4 is 54.4 Å². The third-order valence-electron chi connectivity index (χ3n) is 13.1. The second kappa shape index (κ2) is 21.7. The Labute approximate surface area is 350 Å². The van der Waals surface area contributed by atoms with E-state index >= 15 is 0 Å². The summed E-state index contributed by atoms with van der Waals surface area (Å²) in [6.45, 7) is 14.1. The van der Waals surface area contributed by atoms with Gasteiger partial charge in [-0.2, -0.15) is 0 Å². The van der Waals surface area contributed by atoms with Crippen LogP contribution in [0.25, 0.3) is 53.5 Å². The molecule has 57 heavy (non-hydrogen) atoms. The molecular formula is C56H70S. The number of unbranched alkanes of at least 4 members (excludes halogenated alkanes) is 3. The molecule has 0 fully saturated rings. The van der Waals surface area contributed by atoms with Crippen molar-refractivity contribution in [2.45, 2.75) is 138 Å². The molecule has 1 heterocycles. The van der Waals surface area contributed by atoms with Gasteiger partial charge in [-0.3, -0.25) is 0 Å². The zero-order valence-electron chi connectivity index (χ0n) is 36.2. The van der Waals surface area contributed by atoms with E-state index in [1.807, 2.05) is 11.3 Å². The van der Waals surface area contributed by atoms with Gasteiger partial charge in [-0.25, -0.2) is 0 Å². The highest BCUT2D eigenvalue weighted by molar-refractivity contribution is 7.13. The van der Waals surface area contributed by atoms with Crippen molar-refractivity contribution in [3.63, 3.8) is 0 Å². The third kappa shape index (κ3) is 10.2. The van der Waals surface area contributed by atoms with Crippen LogP contribution in [0.3, 0.4) is 0 Å². The standard InChI is InChI=1S/C30H42.C26H28S/c1-5-9-15-23(7-3)21-29-27-19-13-11-17-25(27)26-18-12-14-20-28(26)30(29)22-24(8-4)16-10-6-2;1-3-5-11-19(4-2)18-24-22-14-7-6-12-20(22)21-13-8-9-15-23(21)26(24)25-16-10-17-27-25/h11-14,17-20,23-24H,5-10,15-16,21-22H2,1-4H3;6-10,12-17,19H,3-5,11,18H2,1-2H3. The number of hydrogen-bond acceptors (Lipinski definition) is 1. The third-order valence-corrected chi connectivity index (χ3v) is 14.0. The Kier molecular flexibility index (Phi) is 16.3. The molecule has 0 radical (unpaired) electrons. The molecule has 0 N–H and O–H groups in total. The second-order valence-corrected chi connectivity index (χ2v) is 17.8. The van der Waals surface area contributed by atoms with Gasteiger partial charge in [0.1, 0.15) is 0 Å². The highest BCUT2D eigenvalue weighted by Crippen LogP contribution is 2.43. The summed E-state index contributed by atoms with van der Waals surface area (Å²) in [4.78, 5) is 1.40. The van der Waals surface area contributed by atoms with Crippen molar-refractivity contribution < 1.29 is 0 Å². The van der Waals surface area contributed by atoms with E-state index in [-0.39, 0.29) is 0 Å². The van der Waals surface area contributed by atoms with Gasteiger partial charge in [0, 0.05) is 10.4 Å². The summed E-state index contributed by atoms with van der Waals surface area (Å²) in [5.41, 5.74) is 6.33. The lowest BCUT2D eigenvalue weighted by Crippen LogP contribution is -2.11. The molecule has 0 saturated heterocycles. The summed E-state index contributed by atoms with van der Waals surface area (Å²) in [5, 5.41) is 13.7. The zero-order chi connectivity index (χ0) is 40.0. The average molecular weight is 775 g/mol. The maximum atomic E-state index is 2.39. The Morgan fingerprint density at radius 3 is 1.05 bits per heavy atom. The summed E-state index contributed by atoms with van der Waals surface area (Å²) in [5.74, 6) is 2.35. The minimum Gasteiger partial charge on any atom is -0.144 e. The first-order valence-electron chi connectivity index (χ1n) is 22.9. The van der Waals surface area contributed by atoms with Crippen LogP contribution in [0.1, 0.15) is 135 Å². The van der Waals surface area contributed by atoms with Crippen molar-refractivity contribution in [3.8, 4) is 10.4 Å². The molecule has 0 aliphatic rings. The zero-order valence-corrected chi connectivity index (χ0v) is 37.0. The molecule has 0 bridgehead atoms. The highest BCUT2D eigenvalue weighted by Gasteiger charge is 2.21. The minimum absolute atomic E-state index is 0.758. The molecule has 7 aromatic rings. The lowest BCUT2D eigenvalue weighted by atomic mass is 9.80. The van der Waals surface area contributed by atoms with E-state index in [9.17, 15) is 0 Å². The van der Waals surface area contributed by atoms with Gasteiger partial charge in [0.15, 0.2) is 0 Å². The molecule has 3 unspecified atom stereocenters. The quantitative estimate of drug-likeness (QED) is 0.0718. The van der Waals surface area contributed by atoms with E-state index in [1.54, 1.807) is 16.7 Å². The largest absolute Gasteiger partial charge is 0.144 e. The van der Waals surface area contributed by atoms with Crippen LogP contribution in [0.15, 0.2) is 115 Å². The molecule has 0 amide bonds. The number of benzene rings is 6. The van der Waals surface area contributed by atoms with Crippen LogP contribution in [0, 0.1) is 17.8 Å². The molecule has 7 rings (SSSR count). The molecule has 0 aliphatic carbocycles. The first-order chi connectivity index (χ1) is 28.1. The van der Waals surface area contributed by atoms with Crippen molar-refractivity contribution in [2.75, 3.05) is 0 Å². The number of rotatable bonds is 19. The molecule has 1 heteroatoms. The van der Waals surface area contributed by atoms with Gasteiger partial charge in [-0.05, 0) is 108 Å². The summed E-state index contributed by atoms with van der Waals surface area (Å²) in [6.07, 6.45) is 19.5. The van der Waals surface area contributed by atoms with Crippen LogP contribution in [-0.2, 0) is 19.3 Å². The fourth-order valence-electron chi connectivity index (χ4n) is 9.58. The van der Waals surface area contributed by atoms with Gasteiger partial charge in [-0.1, -0.05) is 222 Å². The molecule has 0 aliphatic heterocycles. The van der Waals surface area contributed by atoms with Crippen molar-refractivity contribution in [1.82, 2.24) is 0 Å². The summed E-state index contributed by atoms with van der Waals surface area (Å²) in [6, 6.07) is 40.8. The van der Waals surface area contributed by atoms with Crippen molar-refractivity contribution in [1.29, 1.82) is 0 Å². The van der Waals surface area contributed by atoms with Crippen LogP contribution in [0.2, 0.25) is 0 Å². The van der Waals surface area contributed by atoms with E-state index < -0.39 is 0 Å². The molecule has 300 valence electrons. The van der Waals surface area contributed by atoms with E-state index in [0.717, 1.165) is 17.8 Å². The van der Waals surface area contributed by atoms with E-state index in [0.29, 0.717) is 0 Å². The van der Waals surface area contributed by atoms with Crippen molar-refractivity contribution in [3.05, 3.63) is 131 Å². The topological polar surface area (TPSA) is 0 Å². The highest BCUT2D eigenvalue weighted by atomic mass is 32.1. The Morgan fingerprint density at radius 2 is 0.702 bits per heavy atom. The Morgan fingerprint density at radius 1 is 0.368 bits per heavy atom. The monoisotopic (exact) mass is 775 g/mol. The number of thiophene rings is 1. The van der Waals surface area contributed by atoms with Crippen LogP contribution < -0.4 is 0 Å². The predicted octanol–water partition coefficient (Wildman–Crippen LogP) is 18.0. The number of hydrogen-bond donors (Lipinski definition) is 0. The van der Waals surface area contributed by atoms with Crippen LogP contribution in [0.5, 0.6) is 0 Å². The SMILES string of the molecule is CCCCC(CC)Cc1c(-c2cccs2)c2ccccc2c2ccccc12.CCCCC(CC)Cc1c(CC(CC)CCCC)c2ccccc2c2ccccc12. The van der Waals surface area contributed by atoms with Gasteiger partial charge >= 0.3 is 0 Å². The van der Waals surface area contributed by atoms with Crippen LogP contribution in [-0.4, -0.2) is 0 Å². The average Bonchev–Trinajstić information content (AvgIpc) is 3.80. The Hall–Kier alpha value is -3.94. The maximum Gasteiger partial charge on any atom is 0.0351 e. The first kappa shape index (κ1) is 42.7. The lowest BCUT2D eigenvalue weighted by molar-refractivity contribution is 0.436. The van der Waals surface area contributed by atoms with E-state index in [2.05, 4.69) is 156 Å². The van der Waals surface area contributed by atoms with Gasteiger partial charge < -0.3 is 0 Å². The van der Waals surface area contributed by atoms with Crippen LogP contribution in [0.4, 0.5) is 0 Å². The second-order valence-electron chi connectivity index (χ2n) is 16.8. The predicted molar refractivity (Wildman–Crippen MR) is 257 cm³/mol. The lowest BCUT2D eigenvalue weighted by Gasteiger charge is -2.24. The fraction of sp³-hybridized carbons (Fsp3) is 0.429. The smallest absolute Gasteiger partial charge is 0.0351 e. The molecular weight excluding hydrogens is 705 g/mol. The van der Waals surface area contributed by atoms with Crippen LogP contribution >= 0.6 is 11.3 Å². The maximum absolute atomic E-state index is 2.39. The molecule has 1 aromatic heterocycles. The first-order valence-corrected chi connectivity index (χ1v) is 23.8. The van der Waals surface area contributed by atoms with Crippen molar-refractivity contribution in [2.24, 2.45) is 17.8 Å².